The normalized spacial score (nSPS) is 15.9. The van der Waals surface area contributed by atoms with Gasteiger partial charge in [-0.15, -0.1) is 0 Å². The number of carbonyl (C=O) groups excluding carboxylic acids is 1. The summed E-state index contributed by atoms with van der Waals surface area (Å²) >= 11 is 0. The molecule has 2 rings (SSSR count). The Hall–Kier alpha value is -2.48. The van der Waals surface area contributed by atoms with Crippen LogP contribution in [-0.4, -0.2) is 67.5 Å². The highest BCUT2D eigenvalue weighted by Crippen LogP contribution is 2.38. The van der Waals surface area contributed by atoms with Crippen molar-refractivity contribution in [3.8, 4) is 17.2 Å². The van der Waals surface area contributed by atoms with Crippen molar-refractivity contribution in [2.75, 3.05) is 34.4 Å². The Balaban J connectivity index is 0.000000550. The highest BCUT2D eigenvalue weighted by Gasteiger charge is 2.27. The maximum Gasteiger partial charge on any atom is 0.303 e. The molecule has 25 heavy (non-hydrogen) atoms. The van der Waals surface area contributed by atoms with E-state index in [0.29, 0.717) is 42.3 Å². The van der Waals surface area contributed by atoms with E-state index < -0.39 is 12.1 Å². The number of aliphatic hydroxyl groups excluding tert-OH is 1. The number of benzene rings is 1. The first-order chi connectivity index (χ1) is 11.9. The molecule has 8 nitrogen and oxygen atoms in total. The predicted molar refractivity (Wildman–Crippen MR) is 90.6 cm³/mol. The lowest BCUT2D eigenvalue weighted by molar-refractivity contribution is -0.136. The zero-order chi connectivity index (χ0) is 19.0. The number of hydrogen-bond donors (Lipinski definition) is 2. The highest BCUT2D eigenvalue weighted by molar-refractivity contribution is 5.95. The molecule has 1 aliphatic rings. The molecule has 1 unspecified atom stereocenters. The van der Waals surface area contributed by atoms with Crippen LogP contribution in [0.4, 0.5) is 0 Å². The number of amides is 1. The second kappa shape index (κ2) is 9.73. The van der Waals surface area contributed by atoms with Crippen LogP contribution in [0.5, 0.6) is 17.2 Å². The number of carboxylic acids is 1. The van der Waals surface area contributed by atoms with Gasteiger partial charge in [-0.2, -0.15) is 0 Å². The summed E-state index contributed by atoms with van der Waals surface area (Å²) in [5.41, 5.74) is 0.452. The minimum Gasteiger partial charge on any atom is -0.493 e. The molecule has 1 fully saturated rings. The lowest BCUT2D eigenvalue weighted by Gasteiger charge is -2.18. The third-order valence-electron chi connectivity index (χ3n) is 3.66. The SMILES string of the molecule is CCC(=O)O.COc1cc(C(=O)N2CCC(O)C2)cc(OC)c1OC. The number of likely N-dealkylation sites (tertiary alicyclic amines) is 1. The van der Waals surface area contributed by atoms with Crippen molar-refractivity contribution in [3.05, 3.63) is 17.7 Å². The Labute approximate surface area is 146 Å². The summed E-state index contributed by atoms with van der Waals surface area (Å²) in [6.07, 6.45) is 0.386. The molecule has 0 radical (unpaired) electrons. The highest BCUT2D eigenvalue weighted by atomic mass is 16.5. The fourth-order valence-corrected chi connectivity index (χ4v) is 2.31. The van der Waals surface area contributed by atoms with E-state index in [4.69, 9.17) is 19.3 Å². The molecule has 0 saturated carbocycles. The first kappa shape index (κ1) is 20.6. The largest absolute Gasteiger partial charge is 0.493 e. The Morgan fingerprint density at radius 1 is 1.16 bits per heavy atom. The van der Waals surface area contributed by atoms with Gasteiger partial charge in [0.25, 0.3) is 5.91 Å². The fraction of sp³-hybridized carbons (Fsp3) is 0.529. The molecule has 0 spiro atoms. The Morgan fingerprint density at radius 2 is 1.68 bits per heavy atom. The summed E-state index contributed by atoms with van der Waals surface area (Å²) in [4.78, 5) is 23.4. The van der Waals surface area contributed by atoms with Crippen LogP contribution in [0.15, 0.2) is 12.1 Å². The quantitative estimate of drug-likeness (QED) is 0.822. The van der Waals surface area contributed by atoms with Gasteiger partial charge in [0.1, 0.15) is 0 Å². The first-order valence-corrected chi connectivity index (χ1v) is 7.87. The fourth-order valence-electron chi connectivity index (χ4n) is 2.31. The summed E-state index contributed by atoms with van der Waals surface area (Å²) < 4.78 is 15.7. The molecule has 2 N–H and O–H groups in total. The van der Waals surface area contributed by atoms with Crippen LogP contribution in [0.2, 0.25) is 0 Å². The minimum absolute atomic E-state index is 0.152. The lowest BCUT2D eigenvalue weighted by atomic mass is 10.1. The van der Waals surface area contributed by atoms with Crippen LogP contribution in [-0.2, 0) is 4.79 Å². The maximum atomic E-state index is 12.4. The smallest absolute Gasteiger partial charge is 0.303 e. The van der Waals surface area contributed by atoms with Crippen molar-refractivity contribution in [1.29, 1.82) is 0 Å². The van der Waals surface area contributed by atoms with Crippen molar-refractivity contribution < 1.29 is 34.0 Å². The number of aliphatic hydroxyl groups is 1. The van der Waals surface area contributed by atoms with E-state index in [0.717, 1.165) is 0 Å². The number of β-amino-alcohol motifs (C(OH)–C–C–N with tert-alkyl or cyclic N) is 1. The Kier molecular flexibility index (Phi) is 8.00. The van der Waals surface area contributed by atoms with Crippen LogP contribution in [0.25, 0.3) is 0 Å². The predicted octanol–water partition coefficient (Wildman–Crippen LogP) is 1.40. The average Bonchev–Trinajstić information content (AvgIpc) is 3.06. The van der Waals surface area contributed by atoms with Gasteiger partial charge in [-0.3, -0.25) is 9.59 Å². The zero-order valence-electron chi connectivity index (χ0n) is 14.9. The molecule has 1 atom stereocenters. The minimum atomic E-state index is -0.745. The molecule has 1 saturated heterocycles. The first-order valence-electron chi connectivity index (χ1n) is 7.87. The third kappa shape index (κ3) is 5.53. The van der Waals surface area contributed by atoms with Crippen LogP contribution in [0.3, 0.4) is 0 Å². The number of aliphatic carboxylic acids is 1. The van der Waals surface area contributed by atoms with Gasteiger partial charge in [-0.1, -0.05) is 6.92 Å². The monoisotopic (exact) mass is 355 g/mol. The van der Waals surface area contributed by atoms with Gasteiger partial charge in [0.05, 0.1) is 27.4 Å². The molecular weight excluding hydrogens is 330 g/mol. The van der Waals surface area contributed by atoms with Crippen molar-refractivity contribution in [2.24, 2.45) is 0 Å². The van der Waals surface area contributed by atoms with E-state index in [-0.39, 0.29) is 12.3 Å². The van der Waals surface area contributed by atoms with E-state index in [9.17, 15) is 14.7 Å². The molecule has 1 heterocycles. The average molecular weight is 355 g/mol. The Bertz CT molecular complexity index is 578. The van der Waals surface area contributed by atoms with E-state index in [1.54, 1.807) is 24.0 Å². The number of carboxylic acid groups (broad SMARTS) is 1. The van der Waals surface area contributed by atoms with Crippen molar-refractivity contribution in [1.82, 2.24) is 4.90 Å². The topological polar surface area (TPSA) is 106 Å². The number of nitrogens with zero attached hydrogens (tertiary/aromatic N) is 1. The van der Waals surface area contributed by atoms with Crippen molar-refractivity contribution in [2.45, 2.75) is 25.9 Å². The molecule has 8 heteroatoms. The molecule has 0 aliphatic carbocycles. The zero-order valence-corrected chi connectivity index (χ0v) is 14.9. The van der Waals surface area contributed by atoms with E-state index >= 15 is 0 Å². The second-order valence-corrected chi connectivity index (χ2v) is 5.35. The molecule has 1 aliphatic heterocycles. The Morgan fingerprint density at radius 3 is 2.00 bits per heavy atom. The van der Waals surface area contributed by atoms with Crippen molar-refractivity contribution >= 4 is 11.9 Å². The third-order valence-corrected chi connectivity index (χ3v) is 3.66. The number of ether oxygens (including phenoxy) is 3. The number of methoxy groups -OCH3 is 3. The van der Waals surface area contributed by atoms with Gasteiger partial charge in [-0.05, 0) is 18.6 Å². The van der Waals surface area contributed by atoms with E-state index in [1.807, 2.05) is 0 Å². The molecule has 140 valence electrons. The van der Waals surface area contributed by atoms with Gasteiger partial charge in [0.2, 0.25) is 5.75 Å². The van der Waals surface area contributed by atoms with Crippen molar-refractivity contribution in [3.63, 3.8) is 0 Å². The van der Waals surface area contributed by atoms with E-state index in [1.165, 1.54) is 21.3 Å². The maximum absolute atomic E-state index is 12.4. The van der Waals surface area contributed by atoms with Gasteiger partial charge in [0, 0.05) is 25.1 Å². The molecule has 0 bridgehead atoms. The molecular formula is C17H25NO7. The summed E-state index contributed by atoms with van der Waals surface area (Å²) in [6, 6.07) is 3.24. The summed E-state index contributed by atoms with van der Waals surface area (Å²) in [5.74, 6) is 0.434. The molecule has 1 amide bonds. The lowest BCUT2D eigenvalue weighted by Crippen LogP contribution is -2.29. The van der Waals surface area contributed by atoms with Crippen LogP contribution in [0, 0.1) is 0 Å². The summed E-state index contributed by atoms with van der Waals surface area (Å²) in [5, 5.41) is 17.2. The second-order valence-electron chi connectivity index (χ2n) is 5.35. The summed E-state index contributed by atoms with van der Waals surface area (Å²) in [7, 11) is 4.52. The number of hydrogen-bond acceptors (Lipinski definition) is 6. The van der Waals surface area contributed by atoms with Crippen LogP contribution in [0.1, 0.15) is 30.1 Å². The van der Waals surface area contributed by atoms with Gasteiger partial charge < -0.3 is 29.3 Å². The number of carbonyl (C=O) groups is 2. The molecule has 1 aromatic rings. The van der Waals surface area contributed by atoms with Gasteiger partial charge >= 0.3 is 5.97 Å². The van der Waals surface area contributed by atoms with Crippen LogP contribution < -0.4 is 14.2 Å². The van der Waals surface area contributed by atoms with Gasteiger partial charge in [0.15, 0.2) is 11.5 Å². The standard InChI is InChI=1S/C14H19NO5.C3H6O2/c1-18-11-6-9(7-12(19-2)13(11)20-3)14(17)15-5-4-10(16)8-15;1-2-3(4)5/h6-7,10,16H,4-5,8H2,1-3H3;2H2,1H3,(H,4,5). The molecule has 1 aromatic carbocycles. The van der Waals surface area contributed by atoms with E-state index in [2.05, 4.69) is 0 Å². The van der Waals surface area contributed by atoms with Crippen LogP contribution >= 0.6 is 0 Å². The summed E-state index contributed by atoms with van der Waals surface area (Å²) in [6.45, 7) is 2.51. The van der Waals surface area contributed by atoms with Gasteiger partial charge in [-0.25, -0.2) is 0 Å². The molecule has 0 aromatic heterocycles. The number of rotatable bonds is 5.